The molecule has 1 aromatic rings. The van der Waals surface area contributed by atoms with Gasteiger partial charge in [-0.2, -0.15) is 5.26 Å². The number of carboxylic acids is 2. The number of amides is 1. The smallest absolute Gasteiger partial charge is 0.326 e. The van der Waals surface area contributed by atoms with Crippen molar-refractivity contribution in [3.63, 3.8) is 0 Å². The average Bonchev–Trinajstić information content (AvgIpc) is 2.44. The number of nitriles is 1. The summed E-state index contributed by atoms with van der Waals surface area (Å²) in [6.07, 6.45) is 1.82. The van der Waals surface area contributed by atoms with Crippen molar-refractivity contribution in [2.24, 2.45) is 0 Å². The highest BCUT2D eigenvalue weighted by molar-refractivity contribution is 5.95. The number of carboxylic acid groups (broad SMARTS) is 2. The number of hydrogen-bond donors (Lipinski definition) is 3. The van der Waals surface area contributed by atoms with Crippen molar-refractivity contribution in [1.29, 1.82) is 5.26 Å². The molecule has 0 saturated carbocycles. The van der Waals surface area contributed by atoms with Crippen molar-refractivity contribution in [1.82, 2.24) is 5.32 Å². The number of carbonyl (C=O) groups excluding carboxylic acids is 1. The summed E-state index contributed by atoms with van der Waals surface area (Å²) in [4.78, 5) is 32.8. The van der Waals surface area contributed by atoms with Gasteiger partial charge in [-0.25, -0.2) is 4.79 Å². The van der Waals surface area contributed by atoms with Gasteiger partial charge in [0.2, 0.25) is 5.91 Å². The number of rotatable bonds is 6. The molecule has 7 nitrogen and oxygen atoms in total. The van der Waals surface area contributed by atoms with Crippen LogP contribution < -0.4 is 5.32 Å². The molecule has 0 aliphatic rings. The number of nitrogens with zero attached hydrogens (tertiary/aromatic N) is 1. The average molecular weight is 288 g/mol. The zero-order valence-electron chi connectivity index (χ0n) is 10.8. The van der Waals surface area contributed by atoms with Gasteiger partial charge in [-0.15, -0.1) is 0 Å². The van der Waals surface area contributed by atoms with Gasteiger partial charge in [0.25, 0.3) is 0 Å². The largest absolute Gasteiger partial charge is 0.481 e. The second kappa shape index (κ2) is 7.45. The molecular weight excluding hydrogens is 276 g/mol. The Hall–Kier alpha value is -3.14. The summed E-state index contributed by atoms with van der Waals surface area (Å²) in [6, 6.07) is 6.85. The summed E-state index contributed by atoms with van der Waals surface area (Å²) in [7, 11) is 0. The van der Waals surface area contributed by atoms with Crippen molar-refractivity contribution >= 4 is 23.9 Å². The number of nitrogens with one attached hydrogen (secondary N) is 1. The summed E-state index contributed by atoms with van der Waals surface area (Å²) in [5.74, 6) is -3.45. The standard InChI is InChI=1S/C14H12N2O5/c15-8-10-3-1-9(2-4-10)5-6-12(17)16-11(14(20)21)7-13(18)19/h1-6,11H,7H2,(H,16,17)(H,18,19)(H,20,21)/b6-5+. The predicted octanol–water partition coefficient (Wildman–Crippen LogP) is 0.616. The first-order valence-corrected chi connectivity index (χ1v) is 5.85. The van der Waals surface area contributed by atoms with E-state index >= 15 is 0 Å². The van der Waals surface area contributed by atoms with Crippen LogP contribution >= 0.6 is 0 Å². The Morgan fingerprint density at radius 2 is 1.86 bits per heavy atom. The van der Waals surface area contributed by atoms with Crippen molar-refractivity contribution in [2.75, 3.05) is 0 Å². The fraction of sp³-hybridized carbons (Fsp3) is 0.143. The first kappa shape index (κ1) is 15.9. The van der Waals surface area contributed by atoms with Crippen LogP contribution in [-0.4, -0.2) is 34.1 Å². The Kier molecular flexibility index (Phi) is 5.65. The molecule has 0 aliphatic heterocycles. The van der Waals surface area contributed by atoms with E-state index in [9.17, 15) is 14.4 Å². The predicted molar refractivity (Wildman–Crippen MR) is 72.0 cm³/mol. The van der Waals surface area contributed by atoms with Crippen LogP contribution in [0.15, 0.2) is 30.3 Å². The molecule has 108 valence electrons. The molecule has 1 amide bonds. The van der Waals surface area contributed by atoms with E-state index in [1.54, 1.807) is 24.3 Å². The minimum absolute atomic E-state index is 0.476. The lowest BCUT2D eigenvalue weighted by Gasteiger charge is -2.10. The van der Waals surface area contributed by atoms with Crippen LogP contribution in [0.1, 0.15) is 17.5 Å². The van der Waals surface area contributed by atoms with Gasteiger partial charge < -0.3 is 15.5 Å². The molecule has 0 heterocycles. The molecule has 1 unspecified atom stereocenters. The molecule has 0 saturated heterocycles. The Labute approximate surface area is 120 Å². The van der Waals surface area contributed by atoms with Crippen LogP contribution in [0.2, 0.25) is 0 Å². The summed E-state index contributed by atoms with van der Waals surface area (Å²) in [6.45, 7) is 0. The van der Waals surface area contributed by atoms with Gasteiger partial charge in [0.05, 0.1) is 18.1 Å². The lowest BCUT2D eigenvalue weighted by Crippen LogP contribution is -2.41. The van der Waals surface area contributed by atoms with E-state index in [0.29, 0.717) is 11.1 Å². The second-order valence-corrected chi connectivity index (χ2v) is 4.06. The molecule has 0 bridgehead atoms. The highest BCUT2D eigenvalue weighted by Crippen LogP contribution is 2.05. The Morgan fingerprint density at radius 1 is 1.24 bits per heavy atom. The molecule has 7 heteroatoms. The Balaban J connectivity index is 2.66. The first-order valence-electron chi connectivity index (χ1n) is 5.85. The van der Waals surface area contributed by atoms with E-state index in [-0.39, 0.29) is 0 Å². The number of carbonyl (C=O) groups is 3. The second-order valence-electron chi connectivity index (χ2n) is 4.06. The van der Waals surface area contributed by atoms with Gasteiger partial charge in [0.15, 0.2) is 0 Å². The van der Waals surface area contributed by atoms with Gasteiger partial charge in [-0.3, -0.25) is 9.59 Å². The minimum atomic E-state index is -1.49. The zero-order chi connectivity index (χ0) is 15.8. The normalized spacial score (nSPS) is 11.6. The van der Waals surface area contributed by atoms with E-state index < -0.39 is 30.3 Å². The van der Waals surface area contributed by atoms with Crippen LogP contribution in [0.5, 0.6) is 0 Å². The maximum Gasteiger partial charge on any atom is 0.326 e. The first-order chi connectivity index (χ1) is 9.92. The molecule has 3 N–H and O–H groups in total. The van der Waals surface area contributed by atoms with Crippen molar-refractivity contribution in [3.05, 3.63) is 41.5 Å². The molecule has 1 atom stereocenters. The SMILES string of the molecule is N#Cc1ccc(/C=C/C(=O)NC(CC(=O)O)C(=O)O)cc1. The molecule has 0 spiro atoms. The summed E-state index contributed by atoms with van der Waals surface area (Å²) < 4.78 is 0. The topological polar surface area (TPSA) is 127 Å². The summed E-state index contributed by atoms with van der Waals surface area (Å²) in [5, 5.41) is 28.0. The van der Waals surface area contributed by atoms with Gasteiger partial charge >= 0.3 is 11.9 Å². The Morgan fingerprint density at radius 3 is 2.33 bits per heavy atom. The fourth-order valence-corrected chi connectivity index (χ4v) is 1.44. The van der Waals surface area contributed by atoms with Crippen molar-refractivity contribution < 1.29 is 24.6 Å². The van der Waals surface area contributed by atoms with Gasteiger partial charge in [0.1, 0.15) is 6.04 Å². The van der Waals surface area contributed by atoms with Crippen LogP contribution in [-0.2, 0) is 14.4 Å². The van der Waals surface area contributed by atoms with Crippen LogP contribution in [0.25, 0.3) is 6.08 Å². The van der Waals surface area contributed by atoms with Gasteiger partial charge in [-0.05, 0) is 23.8 Å². The highest BCUT2D eigenvalue weighted by Gasteiger charge is 2.21. The molecule has 1 rings (SSSR count). The summed E-state index contributed by atoms with van der Waals surface area (Å²) in [5.41, 5.74) is 1.12. The van der Waals surface area contributed by atoms with E-state index in [2.05, 4.69) is 5.32 Å². The molecule has 0 aliphatic carbocycles. The molecule has 0 aromatic heterocycles. The van der Waals surface area contributed by atoms with E-state index in [1.807, 2.05) is 6.07 Å². The minimum Gasteiger partial charge on any atom is -0.481 e. The van der Waals surface area contributed by atoms with Crippen molar-refractivity contribution in [3.8, 4) is 6.07 Å². The third kappa shape index (κ3) is 5.57. The van der Waals surface area contributed by atoms with Crippen LogP contribution in [0, 0.1) is 11.3 Å². The van der Waals surface area contributed by atoms with E-state index in [4.69, 9.17) is 15.5 Å². The van der Waals surface area contributed by atoms with E-state index in [0.717, 1.165) is 6.08 Å². The lowest BCUT2D eigenvalue weighted by molar-refractivity contribution is -0.146. The van der Waals surface area contributed by atoms with Gasteiger partial charge in [-0.1, -0.05) is 12.1 Å². The Bertz CT molecular complexity index is 613. The molecule has 21 heavy (non-hydrogen) atoms. The quantitative estimate of drug-likeness (QED) is 0.658. The third-order valence-electron chi connectivity index (χ3n) is 2.46. The van der Waals surface area contributed by atoms with Gasteiger partial charge in [0, 0.05) is 6.08 Å². The number of aliphatic carboxylic acids is 2. The maximum absolute atomic E-state index is 11.5. The van der Waals surface area contributed by atoms with Crippen LogP contribution in [0.4, 0.5) is 0 Å². The molecule has 0 fully saturated rings. The number of benzene rings is 1. The van der Waals surface area contributed by atoms with Crippen LogP contribution in [0.3, 0.4) is 0 Å². The fourth-order valence-electron chi connectivity index (χ4n) is 1.44. The third-order valence-corrected chi connectivity index (χ3v) is 2.46. The van der Waals surface area contributed by atoms with E-state index in [1.165, 1.54) is 6.08 Å². The van der Waals surface area contributed by atoms with Crippen molar-refractivity contribution in [2.45, 2.75) is 12.5 Å². The maximum atomic E-state index is 11.5. The highest BCUT2D eigenvalue weighted by atomic mass is 16.4. The molecule has 1 aromatic carbocycles. The molecule has 0 radical (unpaired) electrons. The summed E-state index contributed by atoms with van der Waals surface area (Å²) >= 11 is 0. The monoisotopic (exact) mass is 288 g/mol. The zero-order valence-corrected chi connectivity index (χ0v) is 10.8. The molecular formula is C14H12N2O5. The number of hydrogen-bond acceptors (Lipinski definition) is 4. The lowest BCUT2D eigenvalue weighted by atomic mass is 10.1.